The summed E-state index contributed by atoms with van der Waals surface area (Å²) >= 11 is 4.93. The Balaban J connectivity index is 3.31. The predicted molar refractivity (Wildman–Crippen MR) is 58.4 cm³/mol. The minimum absolute atomic E-state index is 0.434. The summed E-state index contributed by atoms with van der Waals surface area (Å²) in [5, 5.41) is 0. The lowest BCUT2D eigenvalue weighted by molar-refractivity contribution is 0.411. The third-order valence-electron chi connectivity index (χ3n) is 2.22. The Morgan fingerprint density at radius 1 is 1.31 bits per heavy atom. The normalized spacial score (nSPS) is 9.77. The Labute approximate surface area is 83.7 Å². The second-order valence-electron chi connectivity index (χ2n) is 2.93. The Morgan fingerprint density at radius 2 is 1.92 bits per heavy atom. The second-order valence-corrected chi connectivity index (χ2v) is 3.37. The van der Waals surface area contributed by atoms with E-state index in [1.165, 1.54) is 0 Å². The first kappa shape index (κ1) is 9.99. The number of ether oxygens (including phenoxy) is 1. The van der Waals surface area contributed by atoms with Gasteiger partial charge in [-0.15, -0.1) is 0 Å². The number of hydrogen-bond acceptors (Lipinski definition) is 2. The largest absolute Gasteiger partial charge is 0.496 e. The van der Waals surface area contributed by atoms with E-state index < -0.39 is 0 Å². The van der Waals surface area contributed by atoms with E-state index in [2.05, 4.69) is 0 Å². The molecule has 0 atom stereocenters. The maximum absolute atomic E-state index is 5.57. The van der Waals surface area contributed by atoms with Gasteiger partial charge in [0.25, 0.3) is 0 Å². The molecule has 2 nitrogen and oxygen atoms in total. The highest BCUT2D eigenvalue weighted by Crippen LogP contribution is 2.23. The van der Waals surface area contributed by atoms with Crippen molar-refractivity contribution < 1.29 is 4.74 Å². The van der Waals surface area contributed by atoms with Crippen molar-refractivity contribution in [1.29, 1.82) is 0 Å². The Kier molecular flexibility index (Phi) is 2.88. The summed E-state index contributed by atoms with van der Waals surface area (Å²) in [6, 6.07) is 3.78. The van der Waals surface area contributed by atoms with Crippen molar-refractivity contribution in [3.63, 3.8) is 0 Å². The van der Waals surface area contributed by atoms with Gasteiger partial charge in [-0.2, -0.15) is 0 Å². The molecule has 0 spiro atoms. The third-order valence-corrected chi connectivity index (χ3v) is 2.44. The van der Waals surface area contributed by atoms with Crippen LogP contribution in [-0.4, -0.2) is 12.1 Å². The Hall–Kier alpha value is -1.09. The van der Waals surface area contributed by atoms with Crippen molar-refractivity contribution >= 4 is 17.2 Å². The highest BCUT2D eigenvalue weighted by molar-refractivity contribution is 7.80. The van der Waals surface area contributed by atoms with E-state index in [0.717, 1.165) is 22.4 Å². The van der Waals surface area contributed by atoms with Gasteiger partial charge in [0.2, 0.25) is 0 Å². The van der Waals surface area contributed by atoms with Gasteiger partial charge < -0.3 is 10.5 Å². The number of nitrogens with two attached hydrogens (primary N) is 1. The molecule has 0 fully saturated rings. The molecule has 0 saturated heterocycles. The molecule has 3 heteroatoms. The van der Waals surface area contributed by atoms with Crippen LogP contribution < -0.4 is 10.5 Å². The van der Waals surface area contributed by atoms with E-state index in [9.17, 15) is 0 Å². The molecule has 0 aliphatic heterocycles. The van der Waals surface area contributed by atoms with Crippen molar-refractivity contribution in [2.45, 2.75) is 13.8 Å². The highest BCUT2D eigenvalue weighted by atomic mass is 32.1. The molecular weight excluding hydrogens is 182 g/mol. The fourth-order valence-electron chi connectivity index (χ4n) is 1.28. The molecule has 0 amide bonds. The molecule has 13 heavy (non-hydrogen) atoms. The van der Waals surface area contributed by atoms with Crippen molar-refractivity contribution in [1.82, 2.24) is 0 Å². The smallest absolute Gasteiger partial charge is 0.122 e. The maximum Gasteiger partial charge on any atom is 0.122 e. The summed E-state index contributed by atoms with van der Waals surface area (Å²) in [7, 11) is 1.65. The van der Waals surface area contributed by atoms with Crippen LogP contribution in [-0.2, 0) is 0 Å². The predicted octanol–water partition coefficient (Wildman–Crippen LogP) is 1.95. The van der Waals surface area contributed by atoms with Crippen LogP contribution >= 0.6 is 12.2 Å². The average Bonchev–Trinajstić information content (AvgIpc) is 2.09. The highest BCUT2D eigenvalue weighted by Gasteiger charge is 2.07. The Bertz CT molecular complexity index is 347. The van der Waals surface area contributed by atoms with E-state index >= 15 is 0 Å². The van der Waals surface area contributed by atoms with E-state index in [0.29, 0.717) is 4.99 Å². The van der Waals surface area contributed by atoms with Gasteiger partial charge in [-0.1, -0.05) is 12.2 Å². The fourth-order valence-corrected chi connectivity index (χ4v) is 1.51. The molecule has 0 aliphatic rings. The molecule has 0 saturated carbocycles. The third kappa shape index (κ3) is 1.80. The topological polar surface area (TPSA) is 35.2 Å². The monoisotopic (exact) mass is 195 g/mol. The zero-order valence-corrected chi connectivity index (χ0v) is 8.87. The minimum atomic E-state index is 0.434. The molecule has 0 aliphatic carbocycles. The van der Waals surface area contributed by atoms with E-state index in [1.807, 2.05) is 26.0 Å². The zero-order valence-electron chi connectivity index (χ0n) is 8.05. The maximum atomic E-state index is 5.57. The number of thiocarbonyl (C=S) groups is 1. The first-order valence-corrected chi connectivity index (χ1v) is 4.42. The molecule has 2 N–H and O–H groups in total. The van der Waals surface area contributed by atoms with Crippen LogP contribution in [0.4, 0.5) is 0 Å². The zero-order chi connectivity index (χ0) is 10.0. The van der Waals surface area contributed by atoms with Gasteiger partial charge in [-0.3, -0.25) is 0 Å². The minimum Gasteiger partial charge on any atom is -0.496 e. The lowest BCUT2D eigenvalue weighted by atomic mass is 10.0. The first-order chi connectivity index (χ1) is 6.07. The molecule has 0 radical (unpaired) electrons. The molecule has 0 unspecified atom stereocenters. The standard InChI is InChI=1S/C10H13NOS/c1-6-7(2)9(12-3)5-4-8(6)10(11)13/h4-5H,1-3H3,(H2,11,13). The van der Waals surface area contributed by atoms with Gasteiger partial charge in [0.05, 0.1) is 7.11 Å². The summed E-state index contributed by atoms with van der Waals surface area (Å²) in [6.07, 6.45) is 0. The average molecular weight is 195 g/mol. The number of benzene rings is 1. The Morgan fingerprint density at radius 3 is 2.38 bits per heavy atom. The van der Waals surface area contributed by atoms with Crippen molar-refractivity contribution in [3.8, 4) is 5.75 Å². The second kappa shape index (κ2) is 3.75. The molecular formula is C10H13NOS. The van der Waals surface area contributed by atoms with Crippen LogP contribution in [0.2, 0.25) is 0 Å². The van der Waals surface area contributed by atoms with E-state index in [-0.39, 0.29) is 0 Å². The molecule has 1 aromatic carbocycles. The molecule has 0 heterocycles. The van der Waals surface area contributed by atoms with Crippen LogP contribution in [0, 0.1) is 13.8 Å². The quantitative estimate of drug-likeness (QED) is 0.732. The summed E-state index contributed by atoms with van der Waals surface area (Å²) in [5.41, 5.74) is 8.67. The summed E-state index contributed by atoms with van der Waals surface area (Å²) < 4.78 is 5.18. The number of hydrogen-bond donors (Lipinski definition) is 1. The summed E-state index contributed by atoms with van der Waals surface area (Å²) in [5.74, 6) is 0.873. The summed E-state index contributed by atoms with van der Waals surface area (Å²) in [4.78, 5) is 0.434. The number of methoxy groups -OCH3 is 1. The lowest BCUT2D eigenvalue weighted by Crippen LogP contribution is -2.12. The van der Waals surface area contributed by atoms with Gasteiger partial charge in [-0.25, -0.2) is 0 Å². The van der Waals surface area contributed by atoms with Gasteiger partial charge in [-0.05, 0) is 37.1 Å². The van der Waals surface area contributed by atoms with Crippen LogP contribution in [0.15, 0.2) is 12.1 Å². The van der Waals surface area contributed by atoms with Crippen molar-refractivity contribution in [3.05, 3.63) is 28.8 Å². The molecule has 1 aromatic rings. The van der Waals surface area contributed by atoms with E-state index in [1.54, 1.807) is 7.11 Å². The van der Waals surface area contributed by atoms with Crippen LogP contribution in [0.5, 0.6) is 5.75 Å². The number of rotatable bonds is 2. The van der Waals surface area contributed by atoms with Crippen LogP contribution in [0.3, 0.4) is 0 Å². The van der Waals surface area contributed by atoms with Crippen molar-refractivity contribution in [2.75, 3.05) is 7.11 Å². The lowest BCUT2D eigenvalue weighted by Gasteiger charge is -2.11. The van der Waals surface area contributed by atoms with Crippen LogP contribution in [0.1, 0.15) is 16.7 Å². The van der Waals surface area contributed by atoms with Crippen molar-refractivity contribution in [2.24, 2.45) is 5.73 Å². The van der Waals surface area contributed by atoms with Crippen LogP contribution in [0.25, 0.3) is 0 Å². The van der Waals surface area contributed by atoms with Gasteiger partial charge in [0.15, 0.2) is 0 Å². The fraction of sp³-hybridized carbons (Fsp3) is 0.300. The van der Waals surface area contributed by atoms with Gasteiger partial charge >= 0.3 is 0 Å². The van der Waals surface area contributed by atoms with Gasteiger partial charge in [0, 0.05) is 5.56 Å². The molecule has 0 bridgehead atoms. The first-order valence-electron chi connectivity index (χ1n) is 4.02. The molecule has 1 rings (SSSR count). The molecule has 70 valence electrons. The van der Waals surface area contributed by atoms with E-state index in [4.69, 9.17) is 22.7 Å². The molecule has 0 aromatic heterocycles. The summed E-state index contributed by atoms with van der Waals surface area (Å²) in [6.45, 7) is 3.99. The van der Waals surface area contributed by atoms with Gasteiger partial charge in [0.1, 0.15) is 10.7 Å². The SMILES string of the molecule is COc1ccc(C(N)=S)c(C)c1C.